The molecule has 4 rings (SSSR count). The van der Waals surface area contributed by atoms with Crippen molar-refractivity contribution >= 4 is 17.5 Å². The first-order valence-electron chi connectivity index (χ1n) is 8.58. The normalized spacial score (nSPS) is 24.8. The lowest BCUT2D eigenvalue weighted by Crippen LogP contribution is -2.46. The number of piperidine rings is 1. The van der Waals surface area contributed by atoms with Crippen molar-refractivity contribution < 1.29 is 9.53 Å². The Kier molecular flexibility index (Phi) is 4.59. The van der Waals surface area contributed by atoms with Gasteiger partial charge in [0.25, 0.3) is 5.91 Å². The van der Waals surface area contributed by atoms with Crippen molar-refractivity contribution in [3.8, 4) is 11.6 Å². The van der Waals surface area contributed by atoms with Gasteiger partial charge in [-0.05, 0) is 55.6 Å². The van der Waals surface area contributed by atoms with E-state index in [2.05, 4.69) is 15.2 Å². The second-order valence-corrected chi connectivity index (χ2v) is 7.20. The third kappa shape index (κ3) is 3.94. The molecule has 0 aliphatic carbocycles. The largest absolute Gasteiger partial charge is 0.439 e. The molecule has 6 heteroatoms. The Morgan fingerprint density at radius 3 is 2.84 bits per heavy atom. The molecule has 3 heterocycles. The number of pyridine rings is 1. The highest BCUT2D eigenvalue weighted by atomic mass is 35.5. The van der Waals surface area contributed by atoms with Crippen LogP contribution in [0.1, 0.15) is 23.2 Å². The summed E-state index contributed by atoms with van der Waals surface area (Å²) in [5.74, 6) is 1.75. The van der Waals surface area contributed by atoms with Gasteiger partial charge in [-0.3, -0.25) is 4.79 Å². The van der Waals surface area contributed by atoms with Crippen LogP contribution in [0.2, 0.25) is 5.02 Å². The average molecular weight is 358 g/mol. The number of amides is 1. The number of hydrogen-bond acceptors (Lipinski definition) is 4. The Morgan fingerprint density at radius 1 is 1.24 bits per heavy atom. The second-order valence-electron chi connectivity index (χ2n) is 6.76. The molecule has 130 valence electrons. The number of halogens is 1. The number of aromatic nitrogens is 1. The molecule has 2 bridgehead atoms. The summed E-state index contributed by atoms with van der Waals surface area (Å²) >= 11 is 5.92. The number of benzene rings is 1. The molecule has 2 fully saturated rings. The average Bonchev–Trinajstić information content (AvgIpc) is 2.94. The summed E-state index contributed by atoms with van der Waals surface area (Å²) in [6.07, 6.45) is 3.94. The van der Waals surface area contributed by atoms with E-state index >= 15 is 0 Å². The van der Waals surface area contributed by atoms with Crippen LogP contribution in [-0.4, -0.2) is 41.5 Å². The molecule has 0 spiro atoms. The lowest BCUT2D eigenvalue weighted by atomic mass is 9.96. The topological polar surface area (TPSA) is 54.5 Å². The molecule has 1 amide bonds. The Balaban J connectivity index is 1.37. The summed E-state index contributed by atoms with van der Waals surface area (Å²) < 4.78 is 5.65. The number of carbonyl (C=O) groups is 1. The van der Waals surface area contributed by atoms with Crippen molar-refractivity contribution in [2.24, 2.45) is 5.92 Å². The van der Waals surface area contributed by atoms with Crippen LogP contribution in [0.15, 0.2) is 42.6 Å². The van der Waals surface area contributed by atoms with E-state index in [1.165, 1.54) is 19.5 Å². The van der Waals surface area contributed by atoms with Gasteiger partial charge in [0.15, 0.2) is 0 Å². The smallest absolute Gasteiger partial charge is 0.251 e. The predicted octanol–water partition coefficient (Wildman–Crippen LogP) is 3.35. The lowest BCUT2D eigenvalue weighted by molar-refractivity contribution is 0.0909. The van der Waals surface area contributed by atoms with Crippen molar-refractivity contribution in [3.63, 3.8) is 0 Å². The van der Waals surface area contributed by atoms with Gasteiger partial charge >= 0.3 is 0 Å². The highest BCUT2D eigenvalue weighted by Gasteiger charge is 2.32. The van der Waals surface area contributed by atoms with Crippen LogP contribution in [-0.2, 0) is 0 Å². The van der Waals surface area contributed by atoms with E-state index in [0.29, 0.717) is 22.2 Å². The summed E-state index contributed by atoms with van der Waals surface area (Å²) in [6.45, 7) is 3.32. The van der Waals surface area contributed by atoms with E-state index in [0.717, 1.165) is 18.9 Å². The molecule has 0 radical (unpaired) electrons. The number of nitrogens with one attached hydrogen (secondary N) is 1. The molecule has 0 saturated carbocycles. The zero-order valence-corrected chi connectivity index (χ0v) is 14.6. The number of rotatable bonds is 4. The van der Waals surface area contributed by atoms with Crippen LogP contribution in [0.5, 0.6) is 11.6 Å². The van der Waals surface area contributed by atoms with Crippen molar-refractivity contribution in [3.05, 3.63) is 53.2 Å². The molecule has 25 heavy (non-hydrogen) atoms. The molecule has 3 atom stereocenters. The number of hydrogen-bond donors (Lipinski definition) is 1. The van der Waals surface area contributed by atoms with Crippen LogP contribution in [0.4, 0.5) is 0 Å². The van der Waals surface area contributed by atoms with Crippen molar-refractivity contribution in [1.82, 2.24) is 15.2 Å². The molecule has 1 N–H and O–H groups in total. The fraction of sp³-hybridized carbons (Fsp3) is 0.368. The fourth-order valence-corrected chi connectivity index (χ4v) is 3.82. The maximum atomic E-state index is 12.5. The summed E-state index contributed by atoms with van der Waals surface area (Å²) in [6, 6.07) is 10.7. The van der Waals surface area contributed by atoms with Gasteiger partial charge in [-0.2, -0.15) is 0 Å². The fourth-order valence-electron chi connectivity index (χ4n) is 3.67. The summed E-state index contributed by atoms with van der Waals surface area (Å²) in [5.41, 5.74) is 0.638. The summed E-state index contributed by atoms with van der Waals surface area (Å²) in [4.78, 5) is 19.0. The van der Waals surface area contributed by atoms with Gasteiger partial charge in [-0.25, -0.2) is 4.98 Å². The molecular formula is C19H20ClN3O2. The first kappa shape index (κ1) is 16.4. The molecular weight excluding hydrogens is 338 g/mol. The molecule has 2 saturated heterocycles. The van der Waals surface area contributed by atoms with Gasteiger partial charge in [-0.15, -0.1) is 0 Å². The van der Waals surface area contributed by atoms with E-state index in [9.17, 15) is 4.79 Å². The van der Waals surface area contributed by atoms with Gasteiger partial charge in [0.2, 0.25) is 5.88 Å². The summed E-state index contributed by atoms with van der Waals surface area (Å²) in [7, 11) is 0. The monoisotopic (exact) mass is 357 g/mol. The van der Waals surface area contributed by atoms with Gasteiger partial charge in [0.1, 0.15) is 5.75 Å². The molecule has 2 aliphatic heterocycles. The third-order valence-electron chi connectivity index (χ3n) is 4.84. The molecule has 2 aromatic rings. The Labute approximate surface area is 152 Å². The first-order valence-corrected chi connectivity index (χ1v) is 8.96. The standard InChI is InChI=1S/C19H20ClN3O2/c20-15-5-7-21-18(10-15)25-17-3-1-14(2-4-17)19(24)22-16-9-13-6-8-23(11-13)12-16/h1-5,7,10,13,16H,6,8-9,11-12H2,(H,22,24). The predicted molar refractivity (Wildman–Crippen MR) is 96.2 cm³/mol. The number of nitrogens with zero attached hydrogens (tertiary/aromatic N) is 2. The number of ether oxygens (including phenoxy) is 1. The second kappa shape index (κ2) is 7.02. The van der Waals surface area contributed by atoms with Crippen LogP contribution < -0.4 is 10.1 Å². The van der Waals surface area contributed by atoms with E-state index in [1.54, 1.807) is 42.6 Å². The van der Waals surface area contributed by atoms with Crippen LogP contribution in [0.3, 0.4) is 0 Å². The van der Waals surface area contributed by atoms with E-state index in [4.69, 9.17) is 16.3 Å². The van der Waals surface area contributed by atoms with Crippen LogP contribution in [0.25, 0.3) is 0 Å². The van der Waals surface area contributed by atoms with E-state index in [1.807, 2.05) is 0 Å². The summed E-state index contributed by atoms with van der Waals surface area (Å²) in [5, 5.41) is 3.73. The highest BCUT2D eigenvalue weighted by molar-refractivity contribution is 6.30. The maximum absolute atomic E-state index is 12.5. The maximum Gasteiger partial charge on any atom is 0.251 e. The van der Waals surface area contributed by atoms with Crippen molar-refractivity contribution in [2.45, 2.75) is 18.9 Å². The van der Waals surface area contributed by atoms with Crippen molar-refractivity contribution in [2.75, 3.05) is 19.6 Å². The zero-order chi connectivity index (χ0) is 17.2. The van der Waals surface area contributed by atoms with Gasteiger partial charge < -0.3 is 15.0 Å². The molecule has 1 aromatic carbocycles. The SMILES string of the molecule is O=C(NC1CC2CCN(C2)C1)c1ccc(Oc2cc(Cl)ccn2)cc1. The Hall–Kier alpha value is -2.11. The number of carbonyl (C=O) groups excluding carboxylic acids is 1. The Morgan fingerprint density at radius 2 is 2.08 bits per heavy atom. The van der Waals surface area contributed by atoms with E-state index < -0.39 is 0 Å². The van der Waals surface area contributed by atoms with Gasteiger partial charge in [-0.1, -0.05) is 11.6 Å². The first-order chi connectivity index (χ1) is 12.2. The van der Waals surface area contributed by atoms with Gasteiger partial charge in [0.05, 0.1) is 0 Å². The van der Waals surface area contributed by atoms with Crippen LogP contribution >= 0.6 is 11.6 Å². The third-order valence-corrected chi connectivity index (χ3v) is 5.07. The Bertz CT molecular complexity index is 754. The molecule has 5 nitrogen and oxygen atoms in total. The van der Waals surface area contributed by atoms with Crippen molar-refractivity contribution in [1.29, 1.82) is 0 Å². The van der Waals surface area contributed by atoms with Gasteiger partial charge in [0, 0.05) is 42.0 Å². The minimum absolute atomic E-state index is 0.0278. The van der Waals surface area contributed by atoms with Crippen LogP contribution in [0, 0.1) is 5.92 Å². The molecule has 3 unspecified atom stereocenters. The lowest BCUT2D eigenvalue weighted by Gasteiger charge is -2.30. The zero-order valence-electron chi connectivity index (χ0n) is 13.8. The minimum atomic E-state index is -0.0278. The molecule has 1 aromatic heterocycles. The minimum Gasteiger partial charge on any atom is -0.439 e. The highest BCUT2D eigenvalue weighted by Crippen LogP contribution is 2.27. The molecule has 2 aliphatic rings. The quantitative estimate of drug-likeness (QED) is 0.911. The van der Waals surface area contributed by atoms with E-state index in [-0.39, 0.29) is 11.9 Å². The number of fused-ring (bicyclic) bond motifs is 2.